The van der Waals surface area contributed by atoms with Crippen molar-refractivity contribution in [3.63, 3.8) is 0 Å². The molecule has 0 saturated carbocycles. The Morgan fingerprint density at radius 2 is 1.71 bits per heavy atom. The molecule has 24 heavy (non-hydrogen) atoms. The smallest absolute Gasteiger partial charge is 0.401 e. The van der Waals surface area contributed by atoms with E-state index >= 15 is 0 Å². The van der Waals surface area contributed by atoms with E-state index in [1.807, 2.05) is 24.3 Å². The molecule has 134 valence electrons. The molecule has 0 bridgehead atoms. The Balaban J connectivity index is 1.75. The summed E-state index contributed by atoms with van der Waals surface area (Å²) < 4.78 is 42.5. The zero-order valence-electron chi connectivity index (χ0n) is 14.0. The predicted molar refractivity (Wildman–Crippen MR) is 85.1 cm³/mol. The Kier molecular flexibility index (Phi) is 6.10. The van der Waals surface area contributed by atoms with Gasteiger partial charge < -0.3 is 9.64 Å². The van der Waals surface area contributed by atoms with Crippen molar-refractivity contribution < 1.29 is 22.7 Å². The fraction of sp³-hybridized carbons (Fsp3) is 0.588. The van der Waals surface area contributed by atoms with E-state index < -0.39 is 12.7 Å². The summed E-state index contributed by atoms with van der Waals surface area (Å²) in [6.45, 7) is 4.22. The average molecular weight is 344 g/mol. The minimum atomic E-state index is -4.20. The number of rotatable bonds is 5. The first-order chi connectivity index (χ1) is 11.2. The Morgan fingerprint density at radius 1 is 1.12 bits per heavy atom. The van der Waals surface area contributed by atoms with Crippen LogP contribution >= 0.6 is 0 Å². The zero-order chi connectivity index (χ0) is 17.7. The minimum Gasteiger partial charge on any atom is -0.484 e. The van der Waals surface area contributed by atoms with Crippen LogP contribution in [0.5, 0.6) is 5.75 Å². The molecule has 1 fully saturated rings. The fourth-order valence-electron chi connectivity index (χ4n) is 2.59. The van der Waals surface area contributed by atoms with Gasteiger partial charge in [0.15, 0.2) is 6.61 Å². The summed E-state index contributed by atoms with van der Waals surface area (Å²) in [5, 5.41) is 0. The van der Waals surface area contributed by atoms with E-state index in [9.17, 15) is 18.0 Å². The predicted octanol–water partition coefficient (Wildman–Crippen LogP) is 2.90. The molecule has 0 aromatic heterocycles. The molecule has 1 aromatic carbocycles. The van der Waals surface area contributed by atoms with Crippen molar-refractivity contribution >= 4 is 5.91 Å². The lowest BCUT2D eigenvalue weighted by Crippen LogP contribution is -2.51. The third-order valence-corrected chi connectivity index (χ3v) is 4.04. The quantitative estimate of drug-likeness (QED) is 0.823. The van der Waals surface area contributed by atoms with Gasteiger partial charge in [-0.15, -0.1) is 0 Å². The number of halogens is 3. The van der Waals surface area contributed by atoms with Crippen molar-refractivity contribution in [2.75, 3.05) is 39.3 Å². The third-order valence-electron chi connectivity index (χ3n) is 4.04. The molecule has 7 heteroatoms. The molecule has 0 N–H and O–H groups in total. The van der Waals surface area contributed by atoms with E-state index in [-0.39, 0.29) is 25.6 Å². The summed E-state index contributed by atoms with van der Waals surface area (Å²) in [5.41, 5.74) is 1.19. The Labute approximate surface area is 140 Å². The van der Waals surface area contributed by atoms with Crippen molar-refractivity contribution in [3.8, 4) is 5.75 Å². The summed E-state index contributed by atoms with van der Waals surface area (Å²) >= 11 is 0. The number of hydrogen-bond acceptors (Lipinski definition) is 3. The summed E-state index contributed by atoms with van der Waals surface area (Å²) in [5.74, 6) is 0.840. The normalized spacial score (nSPS) is 16.5. The van der Waals surface area contributed by atoms with Gasteiger partial charge in [-0.25, -0.2) is 0 Å². The van der Waals surface area contributed by atoms with E-state index in [4.69, 9.17) is 4.74 Å². The molecule has 0 radical (unpaired) electrons. The van der Waals surface area contributed by atoms with Gasteiger partial charge in [0.1, 0.15) is 5.75 Å². The van der Waals surface area contributed by atoms with Crippen molar-refractivity contribution in [1.82, 2.24) is 9.80 Å². The van der Waals surface area contributed by atoms with Crippen LogP contribution < -0.4 is 4.74 Å². The van der Waals surface area contributed by atoms with E-state index in [1.165, 1.54) is 10.5 Å². The molecule has 0 spiro atoms. The van der Waals surface area contributed by atoms with Crippen molar-refractivity contribution in [1.29, 1.82) is 0 Å². The molecule has 1 heterocycles. The molecule has 0 unspecified atom stereocenters. The number of ether oxygens (including phenoxy) is 1. The van der Waals surface area contributed by atoms with Gasteiger partial charge in [0.25, 0.3) is 5.91 Å². The Morgan fingerprint density at radius 3 is 2.21 bits per heavy atom. The molecule has 0 atom stereocenters. The summed E-state index contributed by atoms with van der Waals surface area (Å²) in [6.07, 6.45) is -4.20. The van der Waals surface area contributed by atoms with Crippen LogP contribution in [-0.4, -0.2) is 61.2 Å². The second-order valence-corrected chi connectivity index (χ2v) is 6.28. The second kappa shape index (κ2) is 7.88. The highest BCUT2D eigenvalue weighted by molar-refractivity contribution is 5.77. The standard InChI is InChI=1S/C17H23F3N2O2/c1-13(2)14-3-5-15(6-4-14)24-11-16(23)22-9-7-21(8-10-22)12-17(18,19)20/h3-6,13H,7-12H2,1-2H3. The average Bonchev–Trinajstić information content (AvgIpc) is 2.52. The van der Waals surface area contributed by atoms with Gasteiger partial charge in [-0.3, -0.25) is 9.69 Å². The maximum absolute atomic E-state index is 12.3. The molecular weight excluding hydrogens is 321 g/mol. The Bertz CT molecular complexity index is 536. The first kappa shape index (κ1) is 18.6. The molecule has 0 aliphatic carbocycles. The molecule has 2 rings (SSSR count). The second-order valence-electron chi connectivity index (χ2n) is 6.28. The highest BCUT2D eigenvalue weighted by Crippen LogP contribution is 2.19. The number of carbonyl (C=O) groups is 1. The number of carbonyl (C=O) groups excluding carboxylic acids is 1. The highest BCUT2D eigenvalue weighted by atomic mass is 19.4. The molecule has 4 nitrogen and oxygen atoms in total. The summed E-state index contributed by atoms with van der Waals surface area (Å²) in [4.78, 5) is 15.0. The van der Waals surface area contributed by atoms with E-state index in [0.717, 1.165) is 0 Å². The molecule has 1 saturated heterocycles. The minimum absolute atomic E-state index is 0.0969. The number of nitrogens with zero attached hydrogens (tertiary/aromatic N) is 2. The molecule has 1 aliphatic rings. The summed E-state index contributed by atoms with van der Waals surface area (Å²) in [6, 6.07) is 7.56. The van der Waals surface area contributed by atoms with Crippen LogP contribution in [0.15, 0.2) is 24.3 Å². The summed E-state index contributed by atoms with van der Waals surface area (Å²) in [7, 11) is 0. The number of alkyl halides is 3. The highest BCUT2D eigenvalue weighted by Gasteiger charge is 2.32. The third kappa shape index (κ3) is 5.70. The van der Waals surface area contributed by atoms with Gasteiger partial charge in [0.05, 0.1) is 6.54 Å². The van der Waals surface area contributed by atoms with Crippen molar-refractivity contribution in [2.24, 2.45) is 0 Å². The fourth-order valence-corrected chi connectivity index (χ4v) is 2.59. The number of piperazine rings is 1. The lowest BCUT2D eigenvalue weighted by Gasteiger charge is -2.34. The van der Waals surface area contributed by atoms with Crippen LogP contribution in [0.25, 0.3) is 0 Å². The maximum atomic E-state index is 12.3. The SMILES string of the molecule is CC(C)c1ccc(OCC(=O)N2CCN(CC(F)(F)F)CC2)cc1. The number of hydrogen-bond donors (Lipinski definition) is 0. The molecular formula is C17H23F3N2O2. The Hall–Kier alpha value is -1.76. The lowest BCUT2D eigenvalue weighted by atomic mass is 10.0. The van der Waals surface area contributed by atoms with Gasteiger partial charge in [-0.1, -0.05) is 26.0 Å². The van der Waals surface area contributed by atoms with Crippen molar-refractivity contribution in [3.05, 3.63) is 29.8 Å². The van der Waals surface area contributed by atoms with Crippen LogP contribution in [0.1, 0.15) is 25.3 Å². The van der Waals surface area contributed by atoms with E-state index in [2.05, 4.69) is 13.8 Å². The monoisotopic (exact) mass is 344 g/mol. The first-order valence-electron chi connectivity index (χ1n) is 8.04. The largest absolute Gasteiger partial charge is 0.484 e. The first-order valence-corrected chi connectivity index (χ1v) is 8.04. The zero-order valence-corrected chi connectivity index (χ0v) is 14.0. The van der Waals surface area contributed by atoms with Gasteiger partial charge in [-0.2, -0.15) is 13.2 Å². The topological polar surface area (TPSA) is 32.8 Å². The van der Waals surface area contributed by atoms with Crippen LogP contribution in [0.4, 0.5) is 13.2 Å². The van der Waals surface area contributed by atoms with Gasteiger partial charge >= 0.3 is 6.18 Å². The van der Waals surface area contributed by atoms with Gasteiger partial charge in [0, 0.05) is 26.2 Å². The molecule has 1 aromatic rings. The van der Waals surface area contributed by atoms with Crippen LogP contribution in [0.3, 0.4) is 0 Å². The van der Waals surface area contributed by atoms with E-state index in [0.29, 0.717) is 24.8 Å². The van der Waals surface area contributed by atoms with Crippen LogP contribution in [-0.2, 0) is 4.79 Å². The molecule has 1 amide bonds. The van der Waals surface area contributed by atoms with E-state index in [1.54, 1.807) is 4.90 Å². The maximum Gasteiger partial charge on any atom is 0.401 e. The van der Waals surface area contributed by atoms with Crippen LogP contribution in [0, 0.1) is 0 Å². The van der Waals surface area contributed by atoms with Crippen LogP contribution in [0.2, 0.25) is 0 Å². The molecule has 1 aliphatic heterocycles. The number of amides is 1. The number of benzene rings is 1. The van der Waals surface area contributed by atoms with Gasteiger partial charge in [0.2, 0.25) is 0 Å². The lowest BCUT2D eigenvalue weighted by molar-refractivity contribution is -0.152. The van der Waals surface area contributed by atoms with Gasteiger partial charge in [-0.05, 0) is 23.6 Å². The van der Waals surface area contributed by atoms with Crippen molar-refractivity contribution in [2.45, 2.75) is 25.9 Å².